The lowest BCUT2D eigenvalue weighted by atomic mass is 10.1. The van der Waals surface area contributed by atoms with E-state index in [0.29, 0.717) is 36.5 Å². The van der Waals surface area contributed by atoms with Crippen LogP contribution in [0.3, 0.4) is 0 Å². The molecule has 0 bridgehead atoms. The number of hydrogen-bond acceptors (Lipinski definition) is 4. The molecule has 2 rings (SSSR count). The number of ketones is 1. The molecule has 5 heteroatoms. The van der Waals surface area contributed by atoms with Crippen molar-refractivity contribution in [3.05, 3.63) is 23.3 Å². The first-order valence-corrected chi connectivity index (χ1v) is 5.85. The SMILES string of the molecule is COc1cc(C)cc2c1N(CCCN)C(=O)C2=O. The highest BCUT2D eigenvalue weighted by molar-refractivity contribution is 6.52. The van der Waals surface area contributed by atoms with E-state index in [2.05, 4.69) is 0 Å². The van der Waals surface area contributed by atoms with Crippen LogP contribution in [-0.2, 0) is 4.79 Å². The lowest BCUT2D eigenvalue weighted by Crippen LogP contribution is -2.31. The molecule has 0 saturated carbocycles. The number of nitrogens with zero attached hydrogens (tertiary/aromatic N) is 1. The van der Waals surface area contributed by atoms with E-state index in [9.17, 15) is 9.59 Å². The van der Waals surface area contributed by atoms with Gasteiger partial charge in [-0.3, -0.25) is 9.59 Å². The molecule has 0 unspecified atom stereocenters. The number of carbonyl (C=O) groups is 2. The van der Waals surface area contributed by atoms with Crippen molar-refractivity contribution in [2.75, 3.05) is 25.1 Å². The normalized spacial score (nSPS) is 14.1. The van der Waals surface area contributed by atoms with Crippen LogP contribution in [0.2, 0.25) is 0 Å². The Morgan fingerprint density at radius 1 is 1.33 bits per heavy atom. The first-order valence-electron chi connectivity index (χ1n) is 5.85. The smallest absolute Gasteiger partial charge is 0.299 e. The standard InChI is InChI=1S/C13H16N2O3/c1-8-6-9-11(10(7-8)18-2)15(5-3-4-14)13(17)12(9)16/h6-7H,3-5,14H2,1-2H3. The Hall–Kier alpha value is -1.88. The number of anilines is 1. The van der Waals surface area contributed by atoms with Crippen molar-refractivity contribution >= 4 is 17.4 Å². The summed E-state index contributed by atoms with van der Waals surface area (Å²) in [5, 5.41) is 0. The predicted octanol–water partition coefficient (Wildman–Crippen LogP) is 0.882. The van der Waals surface area contributed by atoms with E-state index in [1.165, 1.54) is 12.0 Å². The average molecular weight is 248 g/mol. The van der Waals surface area contributed by atoms with Gasteiger partial charge in [0.15, 0.2) is 0 Å². The van der Waals surface area contributed by atoms with Gasteiger partial charge >= 0.3 is 0 Å². The first kappa shape index (κ1) is 12.6. The van der Waals surface area contributed by atoms with Crippen LogP contribution in [0.15, 0.2) is 12.1 Å². The highest BCUT2D eigenvalue weighted by atomic mass is 16.5. The Labute approximate surface area is 106 Å². The summed E-state index contributed by atoms with van der Waals surface area (Å²) in [5.41, 5.74) is 7.34. The highest BCUT2D eigenvalue weighted by Crippen LogP contribution is 2.38. The zero-order valence-electron chi connectivity index (χ0n) is 10.5. The minimum atomic E-state index is -0.498. The van der Waals surface area contributed by atoms with Crippen molar-refractivity contribution in [1.29, 1.82) is 0 Å². The number of rotatable bonds is 4. The number of aryl methyl sites for hydroxylation is 1. The third-order valence-corrected chi connectivity index (χ3v) is 2.98. The minimum Gasteiger partial charge on any atom is -0.495 e. The Morgan fingerprint density at radius 2 is 2.06 bits per heavy atom. The van der Waals surface area contributed by atoms with Crippen LogP contribution < -0.4 is 15.4 Å². The molecule has 1 amide bonds. The van der Waals surface area contributed by atoms with Crippen molar-refractivity contribution in [3.63, 3.8) is 0 Å². The number of methoxy groups -OCH3 is 1. The molecule has 1 aromatic rings. The molecule has 1 aliphatic rings. The van der Waals surface area contributed by atoms with Gasteiger partial charge in [-0.2, -0.15) is 0 Å². The van der Waals surface area contributed by atoms with Gasteiger partial charge < -0.3 is 15.4 Å². The third-order valence-electron chi connectivity index (χ3n) is 2.98. The summed E-state index contributed by atoms with van der Waals surface area (Å²) in [6.07, 6.45) is 0.648. The van der Waals surface area contributed by atoms with Gasteiger partial charge in [0.1, 0.15) is 5.75 Å². The predicted molar refractivity (Wildman–Crippen MR) is 68.1 cm³/mol. The van der Waals surface area contributed by atoms with Crippen molar-refractivity contribution in [2.24, 2.45) is 5.73 Å². The summed E-state index contributed by atoms with van der Waals surface area (Å²) in [5.74, 6) is -0.410. The molecule has 0 saturated heterocycles. The number of amides is 1. The van der Waals surface area contributed by atoms with Crippen LogP contribution in [-0.4, -0.2) is 31.9 Å². The monoisotopic (exact) mass is 248 g/mol. The molecule has 0 radical (unpaired) electrons. The van der Waals surface area contributed by atoms with E-state index < -0.39 is 11.7 Å². The second-order valence-electron chi connectivity index (χ2n) is 4.29. The fourth-order valence-corrected chi connectivity index (χ4v) is 2.15. The molecule has 1 aromatic carbocycles. The molecular weight excluding hydrogens is 232 g/mol. The number of benzene rings is 1. The highest BCUT2D eigenvalue weighted by Gasteiger charge is 2.37. The lowest BCUT2D eigenvalue weighted by Gasteiger charge is -2.18. The van der Waals surface area contributed by atoms with Crippen molar-refractivity contribution in [2.45, 2.75) is 13.3 Å². The molecule has 96 valence electrons. The number of hydrogen-bond donors (Lipinski definition) is 1. The van der Waals surface area contributed by atoms with Gasteiger partial charge in [0.25, 0.3) is 11.7 Å². The van der Waals surface area contributed by atoms with Crippen LogP contribution >= 0.6 is 0 Å². The Bertz CT molecular complexity index is 511. The van der Waals surface area contributed by atoms with Crippen molar-refractivity contribution in [3.8, 4) is 5.75 Å². The first-order chi connectivity index (χ1) is 8.60. The zero-order valence-corrected chi connectivity index (χ0v) is 10.5. The topological polar surface area (TPSA) is 72.6 Å². The maximum Gasteiger partial charge on any atom is 0.299 e. The summed E-state index contributed by atoms with van der Waals surface area (Å²) >= 11 is 0. The fraction of sp³-hybridized carbons (Fsp3) is 0.385. The number of Topliss-reactive ketones (excluding diaryl/α,β-unsaturated/α-hetero) is 1. The summed E-state index contributed by atoms with van der Waals surface area (Å²) in [6, 6.07) is 3.54. The van der Waals surface area contributed by atoms with Crippen LogP contribution in [0.5, 0.6) is 5.75 Å². The number of ether oxygens (including phenoxy) is 1. The average Bonchev–Trinajstić information content (AvgIpc) is 2.60. The number of nitrogens with two attached hydrogens (primary N) is 1. The minimum absolute atomic E-state index is 0.425. The molecule has 2 N–H and O–H groups in total. The molecule has 0 spiro atoms. The molecule has 0 aliphatic carbocycles. The van der Waals surface area contributed by atoms with Crippen LogP contribution in [0.25, 0.3) is 0 Å². The van der Waals surface area contributed by atoms with Crippen LogP contribution in [0.1, 0.15) is 22.3 Å². The van der Waals surface area contributed by atoms with Gasteiger partial charge in [0, 0.05) is 6.54 Å². The number of fused-ring (bicyclic) bond motifs is 1. The van der Waals surface area contributed by atoms with E-state index in [-0.39, 0.29) is 0 Å². The summed E-state index contributed by atoms with van der Waals surface area (Å²) in [6.45, 7) is 2.78. The van der Waals surface area contributed by atoms with E-state index in [1.54, 1.807) is 6.07 Å². The number of carbonyl (C=O) groups excluding carboxylic acids is 2. The largest absolute Gasteiger partial charge is 0.495 e. The van der Waals surface area contributed by atoms with Gasteiger partial charge in [0.2, 0.25) is 0 Å². The summed E-state index contributed by atoms with van der Waals surface area (Å²) in [4.78, 5) is 25.3. The summed E-state index contributed by atoms with van der Waals surface area (Å²) < 4.78 is 5.27. The third kappa shape index (κ3) is 1.86. The molecule has 1 heterocycles. The molecule has 18 heavy (non-hydrogen) atoms. The van der Waals surface area contributed by atoms with Gasteiger partial charge in [-0.05, 0) is 37.6 Å². The van der Waals surface area contributed by atoms with Gasteiger partial charge in [-0.15, -0.1) is 0 Å². The van der Waals surface area contributed by atoms with Gasteiger partial charge in [-0.1, -0.05) is 0 Å². The Balaban J connectivity index is 2.51. The Morgan fingerprint density at radius 3 is 2.67 bits per heavy atom. The maximum absolute atomic E-state index is 11.9. The zero-order chi connectivity index (χ0) is 13.3. The molecule has 0 atom stereocenters. The Kier molecular flexibility index (Phi) is 3.34. The summed E-state index contributed by atoms with van der Waals surface area (Å²) in [7, 11) is 1.53. The maximum atomic E-state index is 11.9. The van der Waals surface area contributed by atoms with E-state index in [0.717, 1.165) is 5.56 Å². The molecule has 1 aliphatic heterocycles. The lowest BCUT2D eigenvalue weighted by molar-refractivity contribution is -0.114. The van der Waals surface area contributed by atoms with Crippen LogP contribution in [0, 0.1) is 6.92 Å². The van der Waals surface area contributed by atoms with E-state index in [4.69, 9.17) is 10.5 Å². The molecule has 0 fully saturated rings. The van der Waals surface area contributed by atoms with Crippen molar-refractivity contribution < 1.29 is 14.3 Å². The van der Waals surface area contributed by atoms with Crippen LogP contribution in [0.4, 0.5) is 5.69 Å². The van der Waals surface area contributed by atoms with Crippen molar-refractivity contribution in [1.82, 2.24) is 0 Å². The quantitative estimate of drug-likeness (QED) is 0.803. The van der Waals surface area contributed by atoms with E-state index in [1.807, 2.05) is 13.0 Å². The molecule has 0 aromatic heterocycles. The van der Waals surface area contributed by atoms with Gasteiger partial charge in [-0.25, -0.2) is 0 Å². The van der Waals surface area contributed by atoms with E-state index >= 15 is 0 Å². The van der Waals surface area contributed by atoms with Gasteiger partial charge in [0.05, 0.1) is 18.4 Å². The second kappa shape index (κ2) is 4.78. The molecule has 5 nitrogen and oxygen atoms in total. The second-order valence-corrected chi connectivity index (χ2v) is 4.29. The fourth-order valence-electron chi connectivity index (χ4n) is 2.15. The molecular formula is C13H16N2O3.